The lowest BCUT2D eigenvalue weighted by Crippen LogP contribution is -2.37. The summed E-state index contributed by atoms with van der Waals surface area (Å²) < 4.78 is 29.5. The SMILES string of the molecule is Cc1oc(C(C)(C)C)cc1CN(C1CC1)C1CCS(=O)(=O)C1. The molecule has 1 aromatic heterocycles. The van der Waals surface area contributed by atoms with Gasteiger partial charge in [0.25, 0.3) is 0 Å². The quantitative estimate of drug-likeness (QED) is 0.854. The van der Waals surface area contributed by atoms with Gasteiger partial charge in [-0.3, -0.25) is 4.90 Å². The molecule has 2 fully saturated rings. The van der Waals surface area contributed by atoms with Crippen LogP contribution in [0.25, 0.3) is 0 Å². The van der Waals surface area contributed by atoms with Gasteiger partial charge in [0.2, 0.25) is 0 Å². The molecule has 1 aliphatic heterocycles. The Balaban J connectivity index is 1.79. The Labute approximate surface area is 133 Å². The molecule has 1 unspecified atom stereocenters. The van der Waals surface area contributed by atoms with E-state index < -0.39 is 9.84 Å². The minimum Gasteiger partial charge on any atom is -0.465 e. The number of rotatable bonds is 4. The van der Waals surface area contributed by atoms with E-state index >= 15 is 0 Å². The number of hydrogen-bond acceptors (Lipinski definition) is 4. The predicted octanol–water partition coefficient (Wildman–Crippen LogP) is 3.04. The van der Waals surface area contributed by atoms with Gasteiger partial charge in [-0.25, -0.2) is 8.42 Å². The third kappa shape index (κ3) is 3.40. The highest BCUT2D eigenvalue weighted by atomic mass is 32.2. The fourth-order valence-corrected chi connectivity index (χ4v) is 4.98. The Morgan fingerprint density at radius 2 is 1.91 bits per heavy atom. The molecule has 0 N–H and O–H groups in total. The van der Waals surface area contributed by atoms with Crippen molar-refractivity contribution in [2.24, 2.45) is 0 Å². The summed E-state index contributed by atoms with van der Waals surface area (Å²) >= 11 is 0. The molecular weight excluding hydrogens is 298 g/mol. The van der Waals surface area contributed by atoms with Gasteiger partial charge >= 0.3 is 0 Å². The molecule has 2 heterocycles. The molecule has 1 aromatic rings. The molecule has 0 bridgehead atoms. The Bertz CT molecular complexity index is 650. The molecule has 5 heteroatoms. The maximum Gasteiger partial charge on any atom is 0.151 e. The van der Waals surface area contributed by atoms with E-state index in [-0.39, 0.29) is 11.5 Å². The molecule has 2 aliphatic rings. The monoisotopic (exact) mass is 325 g/mol. The van der Waals surface area contributed by atoms with Gasteiger partial charge in [0.15, 0.2) is 9.84 Å². The summed E-state index contributed by atoms with van der Waals surface area (Å²) in [5, 5.41) is 0. The largest absolute Gasteiger partial charge is 0.465 e. The van der Waals surface area contributed by atoms with Gasteiger partial charge in [-0.2, -0.15) is 0 Å². The van der Waals surface area contributed by atoms with Crippen molar-refractivity contribution in [3.8, 4) is 0 Å². The third-order valence-corrected chi connectivity index (χ3v) is 6.56. The molecule has 1 saturated heterocycles. The molecule has 1 aliphatic carbocycles. The first kappa shape index (κ1) is 16.1. The summed E-state index contributed by atoms with van der Waals surface area (Å²) in [5.74, 6) is 2.65. The number of hydrogen-bond donors (Lipinski definition) is 0. The summed E-state index contributed by atoms with van der Waals surface area (Å²) in [7, 11) is -2.83. The minimum absolute atomic E-state index is 0.00409. The number of furan rings is 1. The van der Waals surface area contributed by atoms with Crippen molar-refractivity contribution < 1.29 is 12.8 Å². The maximum atomic E-state index is 11.8. The van der Waals surface area contributed by atoms with Crippen LogP contribution in [0.15, 0.2) is 10.5 Å². The Morgan fingerprint density at radius 3 is 2.36 bits per heavy atom. The summed E-state index contributed by atoms with van der Waals surface area (Å²) in [5.41, 5.74) is 1.21. The second-order valence-electron chi connectivity index (χ2n) is 7.90. The van der Waals surface area contributed by atoms with E-state index in [1.165, 1.54) is 18.4 Å². The van der Waals surface area contributed by atoms with Crippen molar-refractivity contribution in [2.45, 2.75) is 71.0 Å². The van der Waals surface area contributed by atoms with E-state index in [9.17, 15) is 8.42 Å². The van der Waals surface area contributed by atoms with E-state index in [0.29, 0.717) is 17.5 Å². The Hall–Kier alpha value is -0.810. The zero-order chi connectivity index (χ0) is 16.1. The minimum atomic E-state index is -2.83. The van der Waals surface area contributed by atoms with Gasteiger partial charge in [0.05, 0.1) is 11.5 Å². The van der Waals surface area contributed by atoms with Crippen molar-refractivity contribution in [1.29, 1.82) is 0 Å². The number of nitrogens with zero attached hydrogens (tertiary/aromatic N) is 1. The van der Waals surface area contributed by atoms with E-state index in [4.69, 9.17) is 4.42 Å². The summed E-state index contributed by atoms with van der Waals surface area (Å²) in [4.78, 5) is 2.41. The van der Waals surface area contributed by atoms with Crippen LogP contribution in [0.5, 0.6) is 0 Å². The highest BCUT2D eigenvalue weighted by molar-refractivity contribution is 7.91. The summed E-state index contributed by atoms with van der Waals surface area (Å²) in [6.45, 7) is 9.28. The van der Waals surface area contributed by atoms with Crippen molar-refractivity contribution in [3.63, 3.8) is 0 Å². The molecule has 0 amide bonds. The lowest BCUT2D eigenvalue weighted by atomic mass is 9.93. The molecule has 124 valence electrons. The van der Waals surface area contributed by atoms with Crippen LogP contribution in [0.1, 0.15) is 57.1 Å². The molecule has 1 atom stereocenters. The van der Waals surface area contributed by atoms with E-state index in [1.54, 1.807) is 0 Å². The highest BCUT2D eigenvalue weighted by Crippen LogP contribution is 2.35. The number of aryl methyl sites for hydroxylation is 1. The fourth-order valence-electron chi connectivity index (χ4n) is 3.24. The molecule has 4 nitrogen and oxygen atoms in total. The maximum absolute atomic E-state index is 11.8. The average Bonchev–Trinajstić information content (AvgIpc) is 3.06. The smallest absolute Gasteiger partial charge is 0.151 e. The number of sulfone groups is 1. The van der Waals surface area contributed by atoms with E-state index in [2.05, 4.69) is 31.7 Å². The Kier molecular flexibility index (Phi) is 3.92. The topological polar surface area (TPSA) is 50.5 Å². The molecule has 0 aromatic carbocycles. The van der Waals surface area contributed by atoms with Crippen LogP contribution in [0, 0.1) is 6.92 Å². The summed E-state index contributed by atoms with van der Waals surface area (Å²) in [6, 6.07) is 2.91. The normalized spacial score (nSPS) is 25.0. The van der Waals surface area contributed by atoms with Gasteiger partial charge in [-0.1, -0.05) is 20.8 Å². The lowest BCUT2D eigenvalue weighted by Gasteiger charge is -2.27. The molecular formula is C17H27NO3S. The standard InChI is InChI=1S/C17H27NO3S/c1-12-13(9-16(21-12)17(2,3)4)10-18(14-5-6-14)15-7-8-22(19,20)11-15/h9,14-15H,5-8,10-11H2,1-4H3. The zero-order valence-electron chi connectivity index (χ0n) is 14.1. The Morgan fingerprint density at radius 1 is 1.23 bits per heavy atom. The first-order valence-corrected chi connectivity index (χ1v) is 10.0. The molecule has 1 saturated carbocycles. The fraction of sp³-hybridized carbons (Fsp3) is 0.765. The average molecular weight is 325 g/mol. The van der Waals surface area contributed by atoms with Gasteiger partial charge in [0, 0.05) is 29.6 Å². The third-order valence-electron chi connectivity index (χ3n) is 4.81. The van der Waals surface area contributed by atoms with Crippen LogP contribution in [-0.2, 0) is 21.8 Å². The zero-order valence-corrected chi connectivity index (χ0v) is 14.9. The van der Waals surface area contributed by atoms with E-state index in [1.807, 2.05) is 6.92 Å². The molecule has 3 rings (SSSR count). The molecule has 0 radical (unpaired) electrons. The van der Waals surface area contributed by atoms with Crippen LogP contribution in [-0.4, -0.2) is 36.9 Å². The second-order valence-corrected chi connectivity index (χ2v) is 10.1. The molecule has 0 spiro atoms. The van der Waals surface area contributed by atoms with Crippen molar-refractivity contribution in [1.82, 2.24) is 4.90 Å². The van der Waals surface area contributed by atoms with Gasteiger partial charge in [-0.15, -0.1) is 0 Å². The van der Waals surface area contributed by atoms with Crippen molar-refractivity contribution >= 4 is 9.84 Å². The van der Waals surface area contributed by atoms with Gasteiger partial charge in [-0.05, 0) is 32.3 Å². The first-order valence-electron chi connectivity index (χ1n) is 8.22. The van der Waals surface area contributed by atoms with E-state index in [0.717, 1.165) is 24.5 Å². The lowest BCUT2D eigenvalue weighted by molar-refractivity contribution is 0.192. The first-order chi connectivity index (χ1) is 10.2. The van der Waals surface area contributed by atoms with Gasteiger partial charge in [0.1, 0.15) is 11.5 Å². The molecule has 22 heavy (non-hydrogen) atoms. The summed E-state index contributed by atoms with van der Waals surface area (Å²) in [6.07, 6.45) is 3.17. The highest BCUT2D eigenvalue weighted by Gasteiger charge is 2.39. The van der Waals surface area contributed by atoms with Gasteiger partial charge < -0.3 is 4.42 Å². The van der Waals surface area contributed by atoms with Crippen LogP contribution in [0.2, 0.25) is 0 Å². The van der Waals surface area contributed by atoms with Crippen LogP contribution in [0.3, 0.4) is 0 Å². The van der Waals surface area contributed by atoms with Crippen molar-refractivity contribution in [2.75, 3.05) is 11.5 Å². The van der Waals surface area contributed by atoms with Crippen molar-refractivity contribution in [3.05, 3.63) is 23.2 Å². The predicted molar refractivity (Wildman–Crippen MR) is 87.8 cm³/mol. The second kappa shape index (κ2) is 5.38. The van der Waals surface area contributed by atoms with Crippen LogP contribution >= 0.6 is 0 Å². The van der Waals surface area contributed by atoms with Crippen LogP contribution < -0.4 is 0 Å². The van der Waals surface area contributed by atoms with Crippen LogP contribution in [0.4, 0.5) is 0 Å².